The lowest BCUT2D eigenvalue weighted by Crippen LogP contribution is -2.33. The molecule has 0 aliphatic rings. The van der Waals surface area contributed by atoms with E-state index in [9.17, 15) is 8.42 Å². The van der Waals surface area contributed by atoms with Crippen LogP contribution in [0.5, 0.6) is 0 Å². The van der Waals surface area contributed by atoms with Crippen LogP contribution in [0.25, 0.3) is 0 Å². The Balaban J connectivity index is 2.96. The van der Waals surface area contributed by atoms with Crippen molar-refractivity contribution in [3.63, 3.8) is 0 Å². The van der Waals surface area contributed by atoms with E-state index in [-0.39, 0.29) is 10.9 Å². The van der Waals surface area contributed by atoms with Gasteiger partial charge in [-0.2, -0.15) is 0 Å². The summed E-state index contributed by atoms with van der Waals surface area (Å²) in [5.74, 6) is 0. The predicted molar refractivity (Wildman–Crippen MR) is 68.0 cm³/mol. The molecule has 0 bridgehead atoms. The molecule has 0 spiro atoms. The van der Waals surface area contributed by atoms with E-state index in [1.165, 1.54) is 0 Å². The molecule has 0 radical (unpaired) electrons. The molecule has 0 aliphatic carbocycles. The highest BCUT2D eigenvalue weighted by atomic mass is 32.2. The van der Waals surface area contributed by atoms with Gasteiger partial charge in [0.25, 0.3) is 0 Å². The van der Waals surface area contributed by atoms with Crippen LogP contribution in [0.3, 0.4) is 0 Å². The maximum absolute atomic E-state index is 12.1. The molecule has 0 saturated heterocycles. The largest absolute Gasteiger partial charge is 0.352 e. The highest BCUT2D eigenvalue weighted by Crippen LogP contribution is 2.14. The first-order valence-corrected chi connectivity index (χ1v) is 7.30. The Kier molecular flexibility index (Phi) is 4.73. The van der Waals surface area contributed by atoms with Crippen LogP contribution in [0.1, 0.15) is 32.4 Å². The van der Waals surface area contributed by atoms with E-state index in [1.54, 1.807) is 23.9 Å². The standard InChI is InChI=1S/C11H21N3O2S/c1-4-9(5-2)13-17(15,16)11-6-10(7-12)14(3)8-11/h6,8-9,13H,4-5,7,12H2,1-3H3. The number of nitrogens with two attached hydrogens (primary N) is 1. The molecule has 1 rings (SSSR count). The van der Waals surface area contributed by atoms with Crippen molar-refractivity contribution in [3.8, 4) is 0 Å². The second-order valence-electron chi connectivity index (χ2n) is 4.12. The minimum Gasteiger partial charge on any atom is -0.352 e. The van der Waals surface area contributed by atoms with Crippen molar-refractivity contribution in [1.82, 2.24) is 9.29 Å². The summed E-state index contributed by atoms with van der Waals surface area (Å²) in [7, 11) is -1.63. The Labute approximate surface area is 103 Å². The van der Waals surface area contributed by atoms with Gasteiger partial charge in [-0.15, -0.1) is 0 Å². The quantitative estimate of drug-likeness (QED) is 0.798. The summed E-state index contributed by atoms with van der Waals surface area (Å²) in [6.45, 7) is 4.26. The predicted octanol–water partition coefficient (Wildman–Crippen LogP) is 0.951. The Morgan fingerprint density at radius 2 is 2.00 bits per heavy atom. The van der Waals surface area contributed by atoms with Crippen LogP contribution in [0.15, 0.2) is 17.2 Å². The first kappa shape index (κ1) is 14.2. The summed E-state index contributed by atoms with van der Waals surface area (Å²) in [4.78, 5) is 0.285. The minimum atomic E-state index is -3.42. The van der Waals surface area contributed by atoms with E-state index >= 15 is 0 Å². The highest BCUT2D eigenvalue weighted by molar-refractivity contribution is 7.89. The van der Waals surface area contributed by atoms with Crippen LogP contribution in [-0.2, 0) is 23.6 Å². The Morgan fingerprint density at radius 1 is 1.41 bits per heavy atom. The molecule has 17 heavy (non-hydrogen) atoms. The first-order valence-electron chi connectivity index (χ1n) is 5.82. The molecule has 3 N–H and O–H groups in total. The number of aromatic nitrogens is 1. The number of rotatable bonds is 6. The van der Waals surface area contributed by atoms with Crippen molar-refractivity contribution in [2.24, 2.45) is 12.8 Å². The van der Waals surface area contributed by atoms with Gasteiger partial charge in [0.15, 0.2) is 0 Å². The van der Waals surface area contributed by atoms with Crippen LogP contribution in [0, 0.1) is 0 Å². The molecule has 0 aliphatic heterocycles. The molecule has 5 nitrogen and oxygen atoms in total. The lowest BCUT2D eigenvalue weighted by molar-refractivity contribution is 0.530. The van der Waals surface area contributed by atoms with E-state index in [0.717, 1.165) is 18.5 Å². The fraction of sp³-hybridized carbons (Fsp3) is 0.636. The Morgan fingerprint density at radius 3 is 2.41 bits per heavy atom. The van der Waals surface area contributed by atoms with Gasteiger partial charge >= 0.3 is 0 Å². The molecule has 0 aromatic carbocycles. The zero-order valence-electron chi connectivity index (χ0n) is 10.6. The molecule has 6 heteroatoms. The molecule has 1 aromatic heterocycles. The van der Waals surface area contributed by atoms with Crippen LogP contribution in [0.2, 0.25) is 0 Å². The lowest BCUT2D eigenvalue weighted by Gasteiger charge is -2.13. The van der Waals surface area contributed by atoms with Crippen molar-refractivity contribution in [1.29, 1.82) is 0 Å². The number of sulfonamides is 1. The van der Waals surface area contributed by atoms with Crippen molar-refractivity contribution in [2.45, 2.75) is 44.2 Å². The lowest BCUT2D eigenvalue weighted by atomic mass is 10.2. The molecule has 0 atom stereocenters. The van der Waals surface area contributed by atoms with Crippen LogP contribution >= 0.6 is 0 Å². The summed E-state index contributed by atoms with van der Waals surface area (Å²) < 4.78 is 28.6. The first-order chi connectivity index (χ1) is 7.94. The smallest absolute Gasteiger partial charge is 0.242 e. The van der Waals surface area contributed by atoms with Crippen molar-refractivity contribution in [2.75, 3.05) is 0 Å². The van der Waals surface area contributed by atoms with Crippen molar-refractivity contribution >= 4 is 10.0 Å². The molecular weight excluding hydrogens is 238 g/mol. The van der Waals surface area contributed by atoms with E-state index in [2.05, 4.69) is 4.72 Å². The molecular formula is C11H21N3O2S. The molecule has 0 fully saturated rings. The maximum Gasteiger partial charge on any atom is 0.242 e. The fourth-order valence-electron chi connectivity index (χ4n) is 1.67. The van der Waals surface area contributed by atoms with Crippen molar-refractivity contribution in [3.05, 3.63) is 18.0 Å². The summed E-state index contributed by atoms with van der Waals surface area (Å²) in [6, 6.07) is 1.60. The third kappa shape index (κ3) is 3.31. The number of aryl methyl sites for hydroxylation is 1. The molecule has 0 amide bonds. The fourth-order valence-corrected chi connectivity index (χ4v) is 3.17. The molecule has 98 valence electrons. The average Bonchev–Trinajstić information content (AvgIpc) is 2.68. The van der Waals surface area contributed by atoms with E-state index in [4.69, 9.17) is 5.73 Å². The number of nitrogens with zero attached hydrogens (tertiary/aromatic N) is 1. The van der Waals surface area contributed by atoms with Crippen LogP contribution in [0.4, 0.5) is 0 Å². The third-order valence-corrected chi connectivity index (χ3v) is 4.40. The van der Waals surface area contributed by atoms with Gasteiger partial charge in [-0.3, -0.25) is 0 Å². The highest BCUT2D eigenvalue weighted by Gasteiger charge is 2.20. The molecule has 0 saturated carbocycles. The second-order valence-corrected chi connectivity index (χ2v) is 5.83. The van der Waals surface area contributed by atoms with Gasteiger partial charge in [-0.25, -0.2) is 13.1 Å². The summed E-state index contributed by atoms with van der Waals surface area (Å²) >= 11 is 0. The zero-order valence-corrected chi connectivity index (χ0v) is 11.4. The van der Waals surface area contributed by atoms with E-state index in [1.807, 2.05) is 13.8 Å². The minimum absolute atomic E-state index is 0.0125. The van der Waals surface area contributed by atoms with Gasteiger partial charge < -0.3 is 10.3 Å². The van der Waals surface area contributed by atoms with Gasteiger partial charge in [0.2, 0.25) is 10.0 Å². The van der Waals surface area contributed by atoms with Gasteiger partial charge in [0, 0.05) is 31.5 Å². The normalized spacial score (nSPS) is 12.3. The Hall–Kier alpha value is -0.850. The molecule has 0 unspecified atom stereocenters. The molecule has 1 aromatic rings. The monoisotopic (exact) mass is 259 g/mol. The zero-order chi connectivity index (χ0) is 13.1. The van der Waals surface area contributed by atoms with Gasteiger partial charge in [0.1, 0.15) is 0 Å². The van der Waals surface area contributed by atoms with Crippen molar-refractivity contribution < 1.29 is 8.42 Å². The maximum atomic E-state index is 12.1. The topological polar surface area (TPSA) is 77.1 Å². The number of hydrogen-bond donors (Lipinski definition) is 2. The third-order valence-electron chi connectivity index (χ3n) is 2.91. The SMILES string of the molecule is CCC(CC)NS(=O)(=O)c1cc(CN)n(C)c1. The molecule has 1 heterocycles. The summed E-state index contributed by atoms with van der Waals surface area (Å²) in [5.41, 5.74) is 6.33. The van der Waals surface area contributed by atoms with E-state index in [0.29, 0.717) is 6.54 Å². The average molecular weight is 259 g/mol. The van der Waals surface area contributed by atoms with Crippen LogP contribution < -0.4 is 10.5 Å². The Bertz CT molecular complexity index is 461. The van der Waals surface area contributed by atoms with E-state index < -0.39 is 10.0 Å². The van der Waals surface area contributed by atoms with Gasteiger partial charge in [-0.1, -0.05) is 13.8 Å². The van der Waals surface area contributed by atoms with Crippen LogP contribution in [-0.4, -0.2) is 19.0 Å². The van der Waals surface area contributed by atoms with Gasteiger partial charge in [0.05, 0.1) is 4.90 Å². The number of nitrogens with one attached hydrogen (secondary N) is 1. The van der Waals surface area contributed by atoms with Gasteiger partial charge in [-0.05, 0) is 18.9 Å². The summed E-state index contributed by atoms with van der Waals surface area (Å²) in [5, 5.41) is 0. The summed E-state index contributed by atoms with van der Waals surface area (Å²) in [6.07, 6.45) is 3.16. The number of hydrogen-bond acceptors (Lipinski definition) is 3. The second kappa shape index (κ2) is 5.66.